The van der Waals surface area contributed by atoms with Gasteiger partial charge < -0.3 is 29.3 Å². The molecule has 8 nitrogen and oxygen atoms in total. The van der Waals surface area contributed by atoms with E-state index < -0.39 is 17.7 Å². The maximum atomic E-state index is 13.5. The van der Waals surface area contributed by atoms with E-state index in [2.05, 4.69) is 13.8 Å². The molecule has 40 heavy (non-hydrogen) atoms. The van der Waals surface area contributed by atoms with E-state index in [0.29, 0.717) is 41.8 Å². The van der Waals surface area contributed by atoms with Crippen LogP contribution >= 0.6 is 0 Å². The second kappa shape index (κ2) is 12.2. The second-order valence-corrected chi connectivity index (χ2v) is 10.1. The van der Waals surface area contributed by atoms with Crippen molar-refractivity contribution in [3.8, 4) is 23.0 Å². The second-order valence-electron chi connectivity index (χ2n) is 10.1. The number of aromatic hydroxyl groups is 1. The molecule has 1 aliphatic heterocycles. The van der Waals surface area contributed by atoms with Gasteiger partial charge in [-0.15, -0.1) is 0 Å². The number of carbonyl (C=O) groups excluding carboxylic acids is 2. The fraction of sp³-hybridized carbons (Fsp3) is 0.312. The van der Waals surface area contributed by atoms with Crippen LogP contribution in [0.25, 0.3) is 5.76 Å². The molecule has 210 valence electrons. The molecule has 1 heterocycles. The maximum absolute atomic E-state index is 13.5. The molecule has 3 aromatic rings. The first kappa shape index (κ1) is 28.5. The summed E-state index contributed by atoms with van der Waals surface area (Å²) in [5.41, 5.74) is 2.44. The SMILES string of the molecule is CCOc1cc(C2/C(=C(/O)c3ccc(OCC(C)C)c(C)c3)C(=O)C(=O)N2Cc2ccc(OC)cc2)ccc1O. The van der Waals surface area contributed by atoms with Crippen molar-refractivity contribution in [3.05, 3.63) is 88.5 Å². The lowest BCUT2D eigenvalue weighted by atomic mass is 9.94. The summed E-state index contributed by atoms with van der Waals surface area (Å²) in [5.74, 6) is 0.0379. The number of rotatable bonds is 10. The first-order chi connectivity index (χ1) is 19.1. The van der Waals surface area contributed by atoms with Crippen molar-refractivity contribution in [2.75, 3.05) is 20.3 Å². The molecule has 0 spiro atoms. The highest BCUT2D eigenvalue weighted by molar-refractivity contribution is 6.46. The highest BCUT2D eigenvalue weighted by atomic mass is 16.5. The molecule has 4 rings (SSSR count). The largest absolute Gasteiger partial charge is 0.507 e. The number of aliphatic hydroxyl groups excluding tert-OH is 1. The lowest BCUT2D eigenvalue weighted by Crippen LogP contribution is -2.29. The van der Waals surface area contributed by atoms with E-state index in [1.54, 1.807) is 56.5 Å². The lowest BCUT2D eigenvalue weighted by molar-refractivity contribution is -0.140. The van der Waals surface area contributed by atoms with Crippen molar-refractivity contribution in [1.82, 2.24) is 4.90 Å². The third kappa shape index (κ3) is 5.91. The standard InChI is InChI=1S/C32H35NO7/c1-6-39-27-16-22(9-13-25(27)34)29-28(30(35)23-10-14-26(20(4)15-23)40-18-19(2)3)31(36)32(37)33(29)17-21-7-11-24(38-5)12-8-21/h7-16,19,29,34-35H,6,17-18H2,1-5H3/b30-28-. The number of methoxy groups -OCH3 is 1. The predicted octanol–water partition coefficient (Wildman–Crippen LogP) is 5.76. The van der Waals surface area contributed by atoms with E-state index in [0.717, 1.165) is 11.1 Å². The normalized spacial score (nSPS) is 16.4. The van der Waals surface area contributed by atoms with E-state index in [-0.39, 0.29) is 29.4 Å². The molecule has 1 fully saturated rings. The molecule has 0 saturated carbocycles. The number of phenols is 1. The average molecular weight is 546 g/mol. The van der Waals surface area contributed by atoms with E-state index in [4.69, 9.17) is 14.2 Å². The van der Waals surface area contributed by atoms with Gasteiger partial charge in [-0.25, -0.2) is 0 Å². The van der Waals surface area contributed by atoms with Crippen molar-refractivity contribution in [2.24, 2.45) is 5.92 Å². The predicted molar refractivity (Wildman–Crippen MR) is 152 cm³/mol. The quantitative estimate of drug-likeness (QED) is 0.189. The van der Waals surface area contributed by atoms with E-state index in [1.807, 2.05) is 19.1 Å². The Labute approximate surface area is 234 Å². The summed E-state index contributed by atoms with van der Waals surface area (Å²) < 4.78 is 16.7. The maximum Gasteiger partial charge on any atom is 0.295 e. The minimum absolute atomic E-state index is 0.0399. The molecular formula is C32H35NO7. The van der Waals surface area contributed by atoms with Crippen LogP contribution in [0.2, 0.25) is 0 Å². The summed E-state index contributed by atoms with van der Waals surface area (Å²) >= 11 is 0. The summed E-state index contributed by atoms with van der Waals surface area (Å²) in [6, 6.07) is 16.1. The van der Waals surface area contributed by atoms with Gasteiger partial charge in [-0.3, -0.25) is 9.59 Å². The molecule has 0 radical (unpaired) electrons. The highest BCUT2D eigenvalue weighted by Gasteiger charge is 2.46. The first-order valence-corrected chi connectivity index (χ1v) is 13.2. The molecule has 1 unspecified atom stereocenters. The Kier molecular flexibility index (Phi) is 8.67. The molecule has 1 aliphatic rings. The van der Waals surface area contributed by atoms with Gasteiger partial charge in [0.25, 0.3) is 11.7 Å². The molecular weight excluding hydrogens is 510 g/mol. The number of ether oxygens (including phenoxy) is 3. The molecule has 8 heteroatoms. The number of aliphatic hydroxyl groups is 1. The molecule has 0 aliphatic carbocycles. The number of aryl methyl sites for hydroxylation is 1. The Balaban J connectivity index is 1.82. The van der Waals surface area contributed by atoms with E-state index in [9.17, 15) is 19.8 Å². The van der Waals surface area contributed by atoms with Crippen LogP contribution in [0.15, 0.2) is 66.2 Å². The van der Waals surface area contributed by atoms with Crippen LogP contribution in [0.1, 0.15) is 49.1 Å². The summed E-state index contributed by atoms with van der Waals surface area (Å²) in [6.07, 6.45) is 0. The van der Waals surface area contributed by atoms with Gasteiger partial charge in [0.1, 0.15) is 17.3 Å². The zero-order valence-electron chi connectivity index (χ0n) is 23.4. The Bertz CT molecular complexity index is 1430. The van der Waals surface area contributed by atoms with Gasteiger partial charge in [0.05, 0.1) is 31.9 Å². The van der Waals surface area contributed by atoms with Gasteiger partial charge in [0, 0.05) is 12.1 Å². The Hall–Kier alpha value is -4.46. The van der Waals surface area contributed by atoms with Crippen LogP contribution < -0.4 is 14.2 Å². The zero-order chi connectivity index (χ0) is 29.0. The summed E-state index contributed by atoms with van der Waals surface area (Å²) in [7, 11) is 1.57. The molecule has 1 atom stereocenters. The molecule has 1 saturated heterocycles. The van der Waals surface area contributed by atoms with Crippen LogP contribution in [-0.4, -0.2) is 47.1 Å². The number of benzene rings is 3. The Morgan fingerprint density at radius 1 is 0.975 bits per heavy atom. The number of nitrogens with zero attached hydrogens (tertiary/aromatic N) is 1. The van der Waals surface area contributed by atoms with Crippen LogP contribution in [-0.2, 0) is 16.1 Å². The van der Waals surface area contributed by atoms with Gasteiger partial charge in [0.2, 0.25) is 0 Å². The molecule has 2 N–H and O–H groups in total. The van der Waals surface area contributed by atoms with Crippen LogP contribution in [0, 0.1) is 12.8 Å². The Morgan fingerprint density at radius 3 is 2.33 bits per heavy atom. The monoisotopic (exact) mass is 545 g/mol. The number of ketones is 1. The van der Waals surface area contributed by atoms with Crippen molar-refractivity contribution >= 4 is 17.4 Å². The van der Waals surface area contributed by atoms with E-state index >= 15 is 0 Å². The number of hydrogen-bond acceptors (Lipinski definition) is 7. The summed E-state index contributed by atoms with van der Waals surface area (Å²) in [5, 5.41) is 21.8. The fourth-order valence-corrected chi connectivity index (χ4v) is 4.66. The first-order valence-electron chi connectivity index (χ1n) is 13.2. The zero-order valence-corrected chi connectivity index (χ0v) is 23.4. The number of amides is 1. The molecule has 3 aromatic carbocycles. The number of likely N-dealkylation sites (tertiary alicyclic amines) is 1. The van der Waals surface area contributed by atoms with Gasteiger partial charge in [-0.1, -0.05) is 32.0 Å². The molecule has 1 amide bonds. The lowest BCUT2D eigenvalue weighted by Gasteiger charge is -2.26. The van der Waals surface area contributed by atoms with E-state index in [1.165, 1.54) is 11.0 Å². The minimum Gasteiger partial charge on any atom is -0.507 e. The van der Waals surface area contributed by atoms with Crippen LogP contribution in [0.4, 0.5) is 0 Å². The number of phenolic OH excluding ortho intramolecular Hbond substituents is 1. The fourth-order valence-electron chi connectivity index (χ4n) is 4.66. The van der Waals surface area contributed by atoms with Gasteiger partial charge in [0.15, 0.2) is 11.5 Å². The van der Waals surface area contributed by atoms with Crippen molar-refractivity contribution in [1.29, 1.82) is 0 Å². The van der Waals surface area contributed by atoms with Crippen LogP contribution in [0.5, 0.6) is 23.0 Å². The number of hydrogen-bond donors (Lipinski definition) is 2. The Morgan fingerprint density at radius 2 is 1.70 bits per heavy atom. The third-order valence-corrected chi connectivity index (χ3v) is 6.67. The third-order valence-electron chi connectivity index (χ3n) is 6.67. The number of Topliss-reactive ketones (excluding diaryl/α,β-unsaturated/α-hetero) is 1. The molecule has 0 aromatic heterocycles. The molecule has 0 bridgehead atoms. The smallest absolute Gasteiger partial charge is 0.295 e. The van der Waals surface area contributed by atoms with Gasteiger partial charge in [-0.2, -0.15) is 0 Å². The highest BCUT2D eigenvalue weighted by Crippen LogP contribution is 2.43. The van der Waals surface area contributed by atoms with Gasteiger partial charge in [-0.05, 0) is 78.9 Å². The minimum atomic E-state index is -0.918. The van der Waals surface area contributed by atoms with Gasteiger partial charge >= 0.3 is 0 Å². The van der Waals surface area contributed by atoms with Crippen molar-refractivity contribution in [2.45, 2.75) is 40.3 Å². The van der Waals surface area contributed by atoms with Crippen molar-refractivity contribution < 1.29 is 34.0 Å². The number of carbonyl (C=O) groups is 2. The average Bonchev–Trinajstić information content (AvgIpc) is 3.18. The van der Waals surface area contributed by atoms with Crippen molar-refractivity contribution in [3.63, 3.8) is 0 Å². The summed E-state index contributed by atoms with van der Waals surface area (Å²) in [6.45, 7) is 8.74. The van der Waals surface area contributed by atoms with Crippen LogP contribution in [0.3, 0.4) is 0 Å². The topological polar surface area (TPSA) is 106 Å². The summed E-state index contributed by atoms with van der Waals surface area (Å²) in [4.78, 5) is 28.3.